The SMILES string of the molecule is O=C(NC[C@@H]1CCCO1)c1ccc(-n2c(=S)[nH]c3ccccc3c2=O)cc1. The Balaban J connectivity index is 1.59. The van der Waals surface area contributed by atoms with Gasteiger partial charge in [0, 0.05) is 18.7 Å². The summed E-state index contributed by atoms with van der Waals surface area (Å²) in [6.07, 6.45) is 2.11. The Morgan fingerprint density at radius 2 is 2.00 bits per heavy atom. The standard InChI is InChI=1S/C20H19N3O3S/c24-18(21-12-15-4-3-11-26-15)13-7-9-14(10-8-13)23-19(25)16-5-1-2-6-17(16)22-20(23)27/h1-2,5-10,15H,3-4,11-12H2,(H,21,24)(H,22,27)/t15-/m0/s1. The van der Waals surface area contributed by atoms with Crippen LogP contribution in [0.3, 0.4) is 0 Å². The number of para-hydroxylation sites is 1. The number of benzene rings is 2. The minimum Gasteiger partial charge on any atom is -0.376 e. The molecule has 3 aromatic rings. The van der Waals surface area contributed by atoms with Gasteiger partial charge in [-0.3, -0.25) is 14.2 Å². The van der Waals surface area contributed by atoms with Crippen molar-refractivity contribution in [3.8, 4) is 5.69 Å². The molecule has 1 aromatic heterocycles. The Morgan fingerprint density at radius 1 is 1.22 bits per heavy atom. The summed E-state index contributed by atoms with van der Waals surface area (Å²) >= 11 is 5.35. The van der Waals surface area contributed by atoms with Gasteiger partial charge in [-0.25, -0.2) is 0 Å². The van der Waals surface area contributed by atoms with E-state index in [-0.39, 0.29) is 17.6 Å². The summed E-state index contributed by atoms with van der Waals surface area (Å²) in [6.45, 7) is 1.27. The Hall–Kier alpha value is -2.77. The van der Waals surface area contributed by atoms with Crippen molar-refractivity contribution in [3.05, 3.63) is 69.2 Å². The van der Waals surface area contributed by atoms with Crippen LogP contribution in [-0.2, 0) is 4.74 Å². The smallest absolute Gasteiger partial charge is 0.266 e. The minimum absolute atomic E-state index is 0.0997. The number of carbonyl (C=O) groups is 1. The molecule has 1 aliphatic heterocycles. The molecule has 4 rings (SSSR count). The van der Waals surface area contributed by atoms with Crippen molar-refractivity contribution in [2.75, 3.05) is 13.2 Å². The van der Waals surface area contributed by atoms with E-state index in [0.29, 0.717) is 33.5 Å². The molecule has 7 heteroatoms. The van der Waals surface area contributed by atoms with E-state index in [0.717, 1.165) is 19.4 Å². The molecule has 1 saturated heterocycles. The predicted octanol–water partition coefficient (Wildman–Crippen LogP) is 2.96. The summed E-state index contributed by atoms with van der Waals surface area (Å²) in [5, 5.41) is 3.45. The molecule has 0 radical (unpaired) electrons. The fraction of sp³-hybridized carbons (Fsp3) is 0.250. The lowest BCUT2D eigenvalue weighted by molar-refractivity contribution is 0.0858. The molecular weight excluding hydrogens is 362 g/mol. The van der Waals surface area contributed by atoms with Gasteiger partial charge in [0.2, 0.25) is 0 Å². The fourth-order valence-corrected chi connectivity index (χ4v) is 3.57. The largest absolute Gasteiger partial charge is 0.376 e. The van der Waals surface area contributed by atoms with Gasteiger partial charge >= 0.3 is 0 Å². The van der Waals surface area contributed by atoms with E-state index < -0.39 is 0 Å². The number of rotatable bonds is 4. The predicted molar refractivity (Wildman–Crippen MR) is 106 cm³/mol. The van der Waals surface area contributed by atoms with E-state index in [1.165, 1.54) is 4.57 Å². The highest BCUT2D eigenvalue weighted by Crippen LogP contribution is 2.13. The maximum Gasteiger partial charge on any atom is 0.266 e. The van der Waals surface area contributed by atoms with Crippen LogP contribution in [0, 0.1) is 4.77 Å². The first kappa shape index (κ1) is 17.6. The van der Waals surface area contributed by atoms with Crippen LogP contribution >= 0.6 is 12.2 Å². The van der Waals surface area contributed by atoms with Gasteiger partial charge in [0.05, 0.1) is 22.7 Å². The molecule has 27 heavy (non-hydrogen) atoms. The van der Waals surface area contributed by atoms with E-state index >= 15 is 0 Å². The van der Waals surface area contributed by atoms with Gasteiger partial charge in [-0.15, -0.1) is 0 Å². The molecule has 0 unspecified atom stereocenters. The van der Waals surface area contributed by atoms with E-state index in [4.69, 9.17) is 17.0 Å². The molecule has 0 saturated carbocycles. The lowest BCUT2D eigenvalue weighted by Crippen LogP contribution is -2.31. The third kappa shape index (κ3) is 3.56. The summed E-state index contributed by atoms with van der Waals surface area (Å²) in [5.74, 6) is -0.159. The van der Waals surface area contributed by atoms with Crippen LogP contribution in [0.1, 0.15) is 23.2 Å². The monoisotopic (exact) mass is 381 g/mol. The zero-order valence-corrected chi connectivity index (χ0v) is 15.4. The third-order valence-corrected chi connectivity index (χ3v) is 4.99. The highest BCUT2D eigenvalue weighted by molar-refractivity contribution is 7.71. The summed E-state index contributed by atoms with van der Waals surface area (Å²) in [4.78, 5) is 28.2. The normalized spacial score (nSPS) is 16.5. The third-order valence-electron chi connectivity index (χ3n) is 4.71. The van der Waals surface area contributed by atoms with Crippen molar-refractivity contribution in [1.82, 2.24) is 14.9 Å². The first-order valence-corrected chi connectivity index (χ1v) is 9.28. The fourth-order valence-electron chi connectivity index (χ4n) is 3.27. The van der Waals surface area contributed by atoms with Crippen molar-refractivity contribution in [3.63, 3.8) is 0 Å². The second-order valence-electron chi connectivity index (χ2n) is 6.51. The number of fused-ring (bicyclic) bond motifs is 1. The van der Waals surface area contributed by atoms with Crippen molar-refractivity contribution in [2.45, 2.75) is 18.9 Å². The first-order valence-electron chi connectivity index (χ1n) is 8.88. The number of amides is 1. The molecule has 2 N–H and O–H groups in total. The van der Waals surface area contributed by atoms with Crippen LogP contribution in [0.2, 0.25) is 0 Å². The number of aromatic nitrogens is 2. The second-order valence-corrected chi connectivity index (χ2v) is 6.89. The van der Waals surface area contributed by atoms with Gasteiger partial charge in [-0.1, -0.05) is 12.1 Å². The van der Waals surface area contributed by atoms with Crippen LogP contribution in [0.15, 0.2) is 53.3 Å². The molecule has 1 fully saturated rings. The lowest BCUT2D eigenvalue weighted by atomic mass is 10.1. The van der Waals surface area contributed by atoms with E-state index in [2.05, 4.69) is 10.3 Å². The van der Waals surface area contributed by atoms with Crippen molar-refractivity contribution in [2.24, 2.45) is 0 Å². The summed E-state index contributed by atoms with van der Waals surface area (Å²) in [7, 11) is 0. The molecule has 1 amide bonds. The quantitative estimate of drug-likeness (QED) is 0.682. The number of carbonyl (C=O) groups excluding carboxylic acids is 1. The molecular formula is C20H19N3O3S. The Bertz CT molecular complexity index is 1100. The van der Waals surface area contributed by atoms with Crippen LogP contribution in [0.25, 0.3) is 16.6 Å². The number of ether oxygens (including phenoxy) is 1. The number of hydrogen-bond donors (Lipinski definition) is 2. The number of nitrogens with zero attached hydrogens (tertiary/aromatic N) is 1. The van der Waals surface area contributed by atoms with Crippen molar-refractivity contribution in [1.29, 1.82) is 0 Å². The molecule has 6 nitrogen and oxygen atoms in total. The molecule has 0 spiro atoms. The Morgan fingerprint density at radius 3 is 2.74 bits per heavy atom. The molecule has 2 heterocycles. The Labute approximate surface area is 160 Å². The molecule has 1 aliphatic rings. The van der Waals surface area contributed by atoms with E-state index in [1.807, 2.05) is 18.2 Å². The maximum absolute atomic E-state index is 12.8. The topological polar surface area (TPSA) is 76.1 Å². The van der Waals surface area contributed by atoms with Crippen molar-refractivity contribution < 1.29 is 9.53 Å². The zero-order chi connectivity index (χ0) is 18.8. The summed E-state index contributed by atoms with van der Waals surface area (Å²) in [6, 6.07) is 14.1. The van der Waals surface area contributed by atoms with Crippen LogP contribution in [-0.4, -0.2) is 34.7 Å². The number of hydrogen-bond acceptors (Lipinski definition) is 4. The zero-order valence-electron chi connectivity index (χ0n) is 14.6. The number of nitrogens with one attached hydrogen (secondary N) is 2. The average Bonchev–Trinajstić information content (AvgIpc) is 3.20. The number of H-pyrrole nitrogens is 1. The molecule has 0 bridgehead atoms. The first-order chi connectivity index (χ1) is 13.1. The van der Waals surface area contributed by atoms with Gasteiger partial charge < -0.3 is 15.0 Å². The molecule has 1 atom stereocenters. The molecule has 0 aliphatic carbocycles. The average molecular weight is 381 g/mol. The Kier molecular flexibility index (Phi) is 4.87. The van der Waals surface area contributed by atoms with Crippen molar-refractivity contribution >= 4 is 29.0 Å². The number of aromatic amines is 1. The lowest BCUT2D eigenvalue weighted by Gasteiger charge is -2.12. The van der Waals surface area contributed by atoms with Crippen LogP contribution < -0.4 is 10.9 Å². The maximum atomic E-state index is 12.8. The van der Waals surface area contributed by atoms with Crippen LogP contribution in [0.4, 0.5) is 0 Å². The van der Waals surface area contributed by atoms with Gasteiger partial charge in [-0.05, 0) is 61.5 Å². The van der Waals surface area contributed by atoms with Gasteiger partial charge in [0.15, 0.2) is 4.77 Å². The summed E-state index contributed by atoms with van der Waals surface area (Å²) in [5.41, 5.74) is 1.65. The van der Waals surface area contributed by atoms with E-state index in [1.54, 1.807) is 30.3 Å². The molecule has 138 valence electrons. The van der Waals surface area contributed by atoms with Gasteiger partial charge in [0.1, 0.15) is 0 Å². The van der Waals surface area contributed by atoms with Gasteiger partial charge in [-0.2, -0.15) is 0 Å². The van der Waals surface area contributed by atoms with Gasteiger partial charge in [0.25, 0.3) is 11.5 Å². The highest BCUT2D eigenvalue weighted by atomic mass is 32.1. The van der Waals surface area contributed by atoms with E-state index in [9.17, 15) is 9.59 Å². The molecule has 2 aromatic carbocycles. The van der Waals surface area contributed by atoms with Crippen LogP contribution in [0.5, 0.6) is 0 Å². The second kappa shape index (κ2) is 7.46. The minimum atomic E-state index is -0.190. The highest BCUT2D eigenvalue weighted by Gasteiger charge is 2.16. The summed E-state index contributed by atoms with van der Waals surface area (Å²) < 4.78 is 7.26.